The summed E-state index contributed by atoms with van der Waals surface area (Å²) in [5.74, 6) is 1.43. The first-order valence-electron chi connectivity index (χ1n) is 13.6. The SMILES string of the molecule is CCCCc1cccc(C)c1O.CCCCc1cccc(C)c1O.CCCCc1cccc(C)c1O.[Al]. The molecule has 3 N–H and O–H groups in total. The van der Waals surface area contributed by atoms with Crippen molar-refractivity contribution in [3.63, 3.8) is 0 Å². The first-order chi connectivity index (χ1) is 17.3. The largest absolute Gasteiger partial charge is 0.507 e. The molecule has 0 saturated carbocycles. The monoisotopic (exact) mass is 519 g/mol. The molecule has 37 heavy (non-hydrogen) atoms. The van der Waals surface area contributed by atoms with Gasteiger partial charge in [0, 0.05) is 17.4 Å². The highest BCUT2D eigenvalue weighted by Crippen LogP contribution is 2.24. The van der Waals surface area contributed by atoms with Gasteiger partial charge in [-0.2, -0.15) is 0 Å². The number of benzene rings is 3. The van der Waals surface area contributed by atoms with E-state index in [1.807, 2.05) is 75.4 Å². The van der Waals surface area contributed by atoms with Crippen molar-refractivity contribution in [2.24, 2.45) is 0 Å². The summed E-state index contributed by atoms with van der Waals surface area (Å²) in [5.41, 5.74) is 6.17. The van der Waals surface area contributed by atoms with Crippen LogP contribution in [0.5, 0.6) is 17.2 Å². The average molecular weight is 520 g/mol. The van der Waals surface area contributed by atoms with Crippen LogP contribution in [0.1, 0.15) is 92.7 Å². The maximum atomic E-state index is 9.62. The fourth-order valence-electron chi connectivity index (χ4n) is 3.87. The first-order valence-corrected chi connectivity index (χ1v) is 13.6. The van der Waals surface area contributed by atoms with Gasteiger partial charge in [0.25, 0.3) is 0 Å². The molecule has 4 heteroatoms. The molecule has 0 fully saturated rings. The van der Waals surface area contributed by atoms with Crippen LogP contribution in [0.15, 0.2) is 54.6 Å². The molecule has 0 saturated heterocycles. The maximum Gasteiger partial charge on any atom is 0.121 e. The van der Waals surface area contributed by atoms with Gasteiger partial charge in [0.2, 0.25) is 0 Å². The van der Waals surface area contributed by atoms with Gasteiger partial charge in [0.1, 0.15) is 17.2 Å². The van der Waals surface area contributed by atoms with Crippen LogP contribution in [-0.2, 0) is 19.3 Å². The van der Waals surface area contributed by atoms with E-state index in [2.05, 4.69) is 20.8 Å². The Hall–Kier alpha value is -2.41. The molecule has 0 spiro atoms. The number of hydrogen-bond acceptors (Lipinski definition) is 3. The first kappa shape index (κ1) is 34.6. The zero-order valence-corrected chi connectivity index (χ0v) is 25.1. The number of para-hydroxylation sites is 3. The molecule has 0 unspecified atom stereocenters. The molecule has 0 aliphatic carbocycles. The molecule has 0 atom stereocenters. The van der Waals surface area contributed by atoms with Gasteiger partial charge < -0.3 is 15.3 Å². The molecule has 201 valence electrons. The van der Waals surface area contributed by atoms with Crippen molar-refractivity contribution in [2.75, 3.05) is 0 Å². The molecule has 3 rings (SSSR count). The molecule has 3 radical (unpaired) electrons. The third-order valence-electron chi connectivity index (χ3n) is 6.36. The molecule has 3 aromatic rings. The van der Waals surface area contributed by atoms with Crippen LogP contribution >= 0.6 is 0 Å². The van der Waals surface area contributed by atoms with E-state index in [-0.39, 0.29) is 17.4 Å². The van der Waals surface area contributed by atoms with Crippen LogP contribution in [0.2, 0.25) is 0 Å². The van der Waals surface area contributed by atoms with Gasteiger partial charge in [0.05, 0.1) is 0 Å². The average Bonchev–Trinajstić information content (AvgIpc) is 2.87. The van der Waals surface area contributed by atoms with Gasteiger partial charge in [-0.3, -0.25) is 0 Å². The van der Waals surface area contributed by atoms with E-state index in [1.165, 1.54) is 19.3 Å². The lowest BCUT2D eigenvalue weighted by molar-refractivity contribution is 0.462. The zero-order chi connectivity index (χ0) is 26.9. The van der Waals surface area contributed by atoms with Gasteiger partial charge in [-0.1, -0.05) is 94.6 Å². The quantitative estimate of drug-likeness (QED) is 0.248. The van der Waals surface area contributed by atoms with Gasteiger partial charge in [-0.05, 0) is 92.7 Å². The van der Waals surface area contributed by atoms with E-state index in [0.717, 1.165) is 71.9 Å². The minimum Gasteiger partial charge on any atom is -0.507 e. The summed E-state index contributed by atoms with van der Waals surface area (Å²) in [6.07, 6.45) is 9.94. The van der Waals surface area contributed by atoms with Gasteiger partial charge in [-0.15, -0.1) is 0 Å². The smallest absolute Gasteiger partial charge is 0.121 e. The molecule has 3 aromatic carbocycles. The van der Waals surface area contributed by atoms with Crippen LogP contribution in [0.4, 0.5) is 0 Å². The maximum absolute atomic E-state index is 9.62. The summed E-state index contributed by atoms with van der Waals surface area (Å²) in [7, 11) is 0. The molecule has 0 aliphatic rings. The van der Waals surface area contributed by atoms with E-state index in [9.17, 15) is 15.3 Å². The summed E-state index contributed by atoms with van der Waals surface area (Å²) in [5, 5.41) is 28.9. The minimum atomic E-state index is 0. The number of rotatable bonds is 9. The molecule has 0 amide bonds. The number of phenols is 3. The van der Waals surface area contributed by atoms with Crippen molar-refractivity contribution in [1.82, 2.24) is 0 Å². The Labute approximate surface area is 236 Å². The third-order valence-corrected chi connectivity index (χ3v) is 6.36. The lowest BCUT2D eigenvalue weighted by Gasteiger charge is -2.05. The van der Waals surface area contributed by atoms with Gasteiger partial charge >= 0.3 is 0 Å². The van der Waals surface area contributed by atoms with Crippen molar-refractivity contribution in [2.45, 2.75) is 99.3 Å². The van der Waals surface area contributed by atoms with Crippen LogP contribution in [0.3, 0.4) is 0 Å². The second-order valence-electron chi connectivity index (χ2n) is 9.56. The second kappa shape index (κ2) is 19.7. The highest BCUT2D eigenvalue weighted by atomic mass is 27.0. The highest BCUT2D eigenvalue weighted by Gasteiger charge is 2.03. The second-order valence-corrected chi connectivity index (χ2v) is 9.56. The lowest BCUT2D eigenvalue weighted by atomic mass is 10.0. The normalized spacial score (nSPS) is 9.89. The molecule has 0 aliphatic heterocycles. The van der Waals surface area contributed by atoms with Crippen molar-refractivity contribution >= 4 is 17.4 Å². The number of hydrogen-bond donors (Lipinski definition) is 3. The van der Waals surface area contributed by atoms with Crippen LogP contribution < -0.4 is 0 Å². The van der Waals surface area contributed by atoms with Crippen molar-refractivity contribution in [3.8, 4) is 17.2 Å². The van der Waals surface area contributed by atoms with E-state index in [4.69, 9.17) is 0 Å². The number of aromatic hydroxyl groups is 3. The molecule has 0 bridgehead atoms. The number of unbranched alkanes of at least 4 members (excludes halogenated alkanes) is 3. The van der Waals surface area contributed by atoms with Gasteiger partial charge in [-0.25, -0.2) is 0 Å². The Balaban J connectivity index is 0.000000518. The summed E-state index contributed by atoms with van der Waals surface area (Å²) < 4.78 is 0. The predicted molar refractivity (Wildman–Crippen MR) is 160 cm³/mol. The van der Waals surface area contributed by atoms with Crippen LogP contribution in [0.25, 0.3) is 0 Å². The molecular weight excluding hydrogens is 471 g/mol. The Morgan fingerprint density at radius 3 is 0.919 bits per heavy atom. The Bertz CT molecular complexity index is 898. The van der Waals surface area contributed by atoms with Crippen molar-refractivity contribution < 1.29 is 15.3 Å². The van der Waals surface area contributed by atoms with E-state index >= 15 is 0 Å². The number of phenolic OH excluding ortho intramolecular Hbond substituents is 3. The predicted octanol–water partition coefficient (Wildman–Crippen LogP) is 8.75. The van der Waals surface area contributed by atoms with Crippen LogP contribution in [-0.4, -0.2) is 32.7 Å². The summed E-state index contributed by atoms with van der Waals surface area (Å²) in [6.45, 7) is 12.3. The van der Waals surface area contributed by atoms with E-state index in [0.29, 0.717) is 17.2 Å². The summed E-state index contributed by atoms with van der Waals surface area (Å²) in [4.78, 5) is 0. The molecule has 0 aromatic heterocycles. The van der Waals surface area contributed by atoms with Crippen LogP contribution in [0, 0.1) is 20.8 Å². The van der Waals surface area contributed by atoms with Gasteiger partial charge in [0.15, 0.2) is 0 Å². The Morgan fingerprint density at radius 1 is 0.459 bits per heavy atom. The summed E-state index contributed by atoms with van der Waals surface area (Å²) >= 11 is 0. The Kier molecular flexibility index (Phi) is 18.4. The Morgan fingerprint density at radius 2 is 0.703 bits per heavy atom. The standard InChI is InChI=1S/3C11H16O.Al/c3*1-3-4-7-10-8-5-6-9(2)11(10)12;/h3*5-6,8,12H,3-4,7H2,1-2H3;. The third kappa shape index (κ3) is 12.6. The topological polar surface area (TPSA) is 60.7 Å². The van der Waals surface area contributed by atoms with E-state index in [1.54, 1.807) is 0 Å². The zero-order valence-electron chi connectivity index (χ0n) is 24.0. The lowest BCUT2D eigenvalue weighted by Crippen LogP contribution is -1.87. The minimum absolute atomic E-state index is 0. The van der Waals surface area contributed by atoms with Crippen molar-refractivity contribution in [3.05, 3.63) is 88.0 Å². The molecule has 3 nitrogen and oxygen atoms in total. The molecule has 0 heterocycles. The fraction of sp³-hybridized carbons (Fsp3) is 0.455. The highest BCUT2D eigenvalue weighted by molar-refractivity contribution is 5.75. The molecular formula is C33H48AlO3. The summed E-state index contributed by atoms with van der Waals surface area (Å²) in [6, 6.07) is 17.8. The van der Waals surface area contributed by atoms with Crippen molar-refractivity contribution in [1.29, 1.82) is 0 Å². The van der Waals surface area contributed by atoms with E-state index < -0.39 is 0 Å². The fourth-order valence-corrected chi connectivity index (χ4v) is 3.87. The number of aryl methyl sites for hydroxylation is 6.